The Labute approximate surface area is 104 Å². The molecule has 6 heteroatoms. The van der Waals surface area contributed by atoms with E-state index in [0.29, 0.717) is 17.3 Å². The summed E-state index contributed by atoms with van der Waals surface area (Å²) in [5.74, 6) is 0.840. The number of nitrogen functional groups attached to an aromatic ring is 1. The Hall–Kier alpha value is -2.50. The van der Waals surface area contributed by atoms with Crippen LogP contribution >= 0.6 is 0 Å². The third-order valence-electron chi connectivity index (χ3n) is 2.38. The fourth-order valence-corrected chi connectivity index (χ4v) is 1.41. The monoisotopic (exact) mass is 247 g/mol. The first-order chi connectivity index (χ1) is 8.60. The van der Waals surface area contributed by atoms with Crippen LogP contribution < -0.4 is 15.2 Å². The summed E-state index contributed by atoms with van der Waals surface area (Å²) in [6, 6.07) is 8.23. The fraction of sp³-hybridized carbons (Fsp3) is 0.167. The number of nitrogens with two attached hydrogens (primary N) is 1. The molecule has 2 N–H and O–H groups in total. The van der Waals surface area contributed by atoms with Crippen molar-refractivity contribution in [3.8, 4) is 11.5 Å². The molecule has 0 aliphatic rings. The van der Waals surface area contributed by atoms with Crippen molar-refractivity contribution in [3.63, 3.8) is 0 Å². The van der Waals surface area contributed by atoms with Gasteiger partial charge in [0.2, 0.25) is 0 Å². The minimum absolute atomic E-state index is 0.165. The number of hydrogen-bond donors (Lipinski definition) is 1. The predicted molar refractivity (Wildman–Crippen MR) is 65.6 cm³/mol. The number of carbonyl (C=O) groups is 1. The molecule has 0 aliphatic carbocycles. The molecule has 1 heterocycles. The number of esters is 1. The summed E-state index contributed by atoms with van der Waals surface area (Å²) in [6.07, 6.45) is 0. The van der Waals surface area contributed by atoms with Crippen LogP contribution in [0.2, 0.25) is 0 Å². The van der Waals surface area contributed by atoms with Crippen LogP contribution in [0.1, 0.15) is 10.5 Å². The summed E-state index contributed by atoms with van der Waals surface area (Å²) >= 11 is 0. The molecular formula is C12H13N3O3. The first kappa shape index (κ1) is 12.0. The second-order valence-electron chi connectivity index (χ2n) is 3.65. The number of carbonyl (C=O) groups excluding carboxylic acids is 1. The predicted octanol–water partition coefficient (Wildman–Crippen LogP) is 1.23. The maximum atomic E-state index is 11.8. The van der Waals surface area contributed by atoms with Gasteiger partial charge >= 0.3 is 5.97 Å². The zero-order valence-electron chi connectivity index (χ0n) is 10.1. The topological polar surface area (TPSA) is 79.4 Å². The van der Waals surface area contributed by atoms with Crippen molar-refractivity contribution < 1.29 is 14.3 Å². The molecule has 2 rings (SSSR count). The van der Waals surface area contributed by atoms with E-state index in [4.69, 9.17) is 15.2 Å². The van der Waals surface area contributed by atoms with E-state index >= 15 is 0 Å². The molecule has 0 aliphatic heterocycles. The van der Waals surface area contributed by atoms with Crippen molar-refractivity contribution in [2.75, 3.05) is 12.8 Å². The first-order valence-electron chi connectivity index (χ1n) is 5.26. The standard InChI is InChI=1S/C12H13N3O3/c1-15-11(13)7-10(14-15)12(16)18-9-5-3-4-8(6-9)17-2/h3-7H,13H2,1-2H3. The molecule has 0 radical (unpaired) electrons. The van der Waals surface area contributed by atoms with Crippen LogP contribution in [0.3, 0.4) is 0 Å². The summed E-state index contributed by atoms with van der Waals surface area (Å²) in [5, 5.41) is 3.93. The molecular weight excluding hydrogens is 234 g/mol. The van der Waals surface area contributed by atoms with Crippen LogP contribution in [0.5, 0.6) is 11.5 Å². The van der Waals surface area contributed by atoms with Gasteiger partial charge in [-0.25, -0.2) is 4.79 Å². The molecule has 6 nitrogen and oxygen atoms in total. The van der Waals surface area contributed by atoms with Crippen molar-refractivity contribution in [1.82, 2.24) is 9.78 Å². The third-order valence-corrected chi connectivity index (χ3v) is 2.38. The Balaban J connectivity index is 2.15. The summed E-state index contributed by atoms with van der Waals surface area (Å²) in [4.78, 5) is 11.8. The lowest BCUT2D eigenvalue weighted by Gasteiger charge is -2.04. The van der Waals surface area contributed by atoms with Crippen LogP contribution in [0, 0.1) is 0 Å². The molecule has 1 aromatic heterocycles. The van der Waals surface area contributed by atoms with Gasteiger partial charge in [0.15, 0.2) is 5.69 Å². The van der Waals surface area contributed by atoms with Crippen molar-refractivity contribution in [3.05, 3.63) is 36.0 Å². The Morgan fingerprint density at radius 2 is 2.06 bits per heavy atom. The van der Waals surface area contributed by atoms with Crippen LogP contribution in [0.25, 0.3) is 0 Å². The third kappa shape index (κ3) is 2.42. The van der Waals surface area contributed by atoms with Gasteiger partial charge < -0.3 is 15.2 Å². The molecule has 0 unspecified atom stereocenters. The lowest BCUT2D eigenvalue weighted by molar-refractivity contribution is 0.0727. The van der Waals surface area contributed by atoms with Gasteiger partial charge in [-0.15, -0.1) is 0 Å². The number of rotatable bonds is 3. The Kier molecular flexibility index (Phi) is 3.18. The summed E-state index contributed by atoms with van der Waals surface area (Å²) < 4.78 is 11.6. The lowest BCUT2D eigenvalue weighted by Crippen LogP contribution is -2.09. The normalized spacial score (nSPS) is 10.1. The van der Waals surface area contributed by atoms with Crippen molar-refractivity contribution in [2.45, 2.75) is 0 Å². The number of nitrogens with zero attached hydrogens (tertiary/aromatic N) is 2. The average Bonchev–Trinajstić information content (AvgIpc) is 2.70. The first-order valence-corrected chi connectivity index (χ1v) is 5.26. The second kappa shape index (κ2) is 4.79. The maximum absolute atomic E-state index is 11.8. The Morgan fingerprint density at radius 3 is 2.67 bits per heavy atom. The molecule has 1 aromatic carbocycles. The SMILES string of the molecule is COc1cccc(OC(=O)c2cc(N)n(C)n2)c1. The van der Waals surface area contributed by atoms with Crippen molar-refractivity contribution in [2.24, 2.45) is 7.05 Å². The molecule has 0 saturated carbocycles. The number of methoxy groups -OCH3 is 1. The molecule has 0 bridgehead atoms. The highest BCUT2D eigenvalue weighted by molar-refractivity contribution is 5.89. The molecule has 0 amide bonds. The van der Waals surface area contributed by atoms with E-state index in [9.17, 15) is 4.79 Å². The summed E-state index contributed by atoms with van der Waals surface area (Å²) in [7, 11) is 3.19. The molecule has 0 saturated heterocycles. The van der Waals surface area contributed by atoms with Crippen molar-refractivity contribution in [1.29, 1.82) is 0 Å². The zero-order valence-corrected chi connectivity index (χ0v) is 10.1. The lowest BCUT2D eigenvalue weighted by atomic mass is 10.3. The van der Waals surface area contributed by atoms with Gasteiger partial charge in [-0.2, -0.15) is 5.10 Å². The minimum atomic E-state index is -0.560. The zero-order chi connectivity index (χ0) is 13.1. The number of hydrogen-bond acceptors (Lipinski definition) is 5. The van der Waals surface area contributed by atoms with E-state index in [1.165, 1.54) is 10.7 Å². The van der Waals surface area contributed by atoms with Gasteiger partial charge in [-0.3, -0.25) is 4.68 Å². The molecule has 2 aromatic rings. The molecule has 0 spiro atoms. The van der Waals surface area contributed by atoms with E-state index in [1.54, 1.807) is 38.4 Å². The number of ether oxygens (including phenoxy) is 2. The molecule has 94 valence electrons. The Morgan fingerprint density at radius 1 is 1.33 bits per heavy atom. The highest BCUT2D eigenvalue weighted by atomic mass is 16.5. The number of benzene rings is 1. The summed E-state index contributed by atoms with van der Waals surface area (Å²) in [6.45, 7) is 0. The maximum Gasteiger partial charge on any atom is 0.364 e. The minimum Gasteiger partial charge on any atom is -0.497 e. The molecule has 0 fully saturated rings. The Bertz CT molecular complexity index is 558. The second-order valence-corrected chi connectivity index (χ2v) is 3.65. The van der Waals surface area contributed by atoms with Crippen LogP contribution in [0.4, 0.5) is 5.82 Å². The van der Waals surface area contributed by atoms with Crippen molar-refractivity contribution >= 4 is 11.8 Å². The summed E-state index contributed by atoms with van der Waals surface area (Å²) in [5.41, 5.74) is 5.75. The van der Waals surface area contributed by atoms with E-state index in [2.05, 4.69) is 5.10 Å². The quantitative estimate of drug-likeness (QED) is 0.651. The van der Waals surface area contributed by atoms with Gasteiger partial charge in [0, 0.05) is 19.2 Å². The van der Waals surface area contributed by atoms with Gasteiger partial charge in [-0.1, -0.05) is 6.07 Å². The average molecular weight is 247 g/mol. The molecule has 0 atom stereocenters. The van der Waals surface area contributed by atoms with E-state index < -0.39 is 5.97 Å². The smallest absolute Gasteiger partial charge is 0.364 e. The van der Waals surface area contributed by atoms with Gasteiger partial charge in [0.1, 0.15) is 17.3 Å². The largest absolute Gasteiger partial charge is 0.497 e. The van der Waals surface area contributed by atoms with E-state index in [0.717, 1.165) is 0 Å². The number of aromatic nitrogens is 2. The highest BCUT2D eigenvalue weighted by Gasteiger charge is 2.14. The van der Waals surface area contributed by atoms with Crippen LogP contribution in [-0.4, -0.2) is 22.9 Å². The number of anilines is 1. The van der Waals surface area contributed by atoms with E-state index in [-0.39, 0.29) is 5.69 Å². The van der Waals surface area contributed by atoms with Gasteiger partial charge in [-0.05, 0) is 12.1 Å². The van der Waals surface area contributed by atoms with Gasteiger partial charge in [0.25, 0.3) is 0 Å². The number of aryl methyl sites for hydroxylation is 1. The molecule has 18 heavy (non-hydrogen) atoms. The van der Waals surface area contributed by atoms with E-state index in [1.807, 2.05) is 0 Å². The van der Waals surface area contributed by atoms with Crippen LogP contribution in [0.15, 0.2) is 30.3 Å². The van der Waals surface area contributed by atoms with Crippen LogP contribution in [-0.2, 0) is 7.05 Å². The fourth-order valence-electron chi connectivity index (χ4n) is 1.41. The highest BCUT2D eigenvalue weighted by Crippen LogP contribution is 2.20. The van der Waals surface area contributed by atoms with Gasteiger partial charge in [0.05, 0.1) is 7.11 Å².